The van der Waals surface area contributed by atoms with Crippen molar-refractivity contribution in [3.8, 4) is 5.69 Å². The Bertz CT molecular complexity index is 955. The Kier molecular flexibility index (Phi) is 4.49. The first-order valence-corrected chi connectivity index (χ1v) is 9.67. The molecule has 1 saturated carbocycles. The molecule has 0 aliphatic heterocycles. The third-order valence-corrected chi connectivity index (χ3v) is 5.68. The summed E-state index contributed by atoms with van der Waals surface area (Å²) in [6.45, 7) is 0. The molecule has 6 nitrogen and oxygen atoms in total. The lowest BCUT2D eigenvalue weighted by Gasteiger charge is -2.13. The molecule has 4 rings (SSSR count). The number of nitrogens with zero attached hydrogens (tertiary/aromatic N) is 3. The van der Waals surface area contributed by atoms with Crippen molar-refractivity contribution in [2.75, 3.05) is 5.75 Å². The first-order chi connectivity index (χ1) is 12.2. The molecule has 1 aromatic heterocycles. The zero-order chi connectivity index (χ0) is 17.4. The first kappa shape index (κ1) is 16.6. The summed E-state index contributed by atoms with van der Waals surface area (Å²) in [7, 11) is 0. The summed E-state index contributed by atoms with van der Waals surface area (Å²) < 4.78 is 2.52. The van der Waals surface area contributed by atoms with Gasteiger partial charge >= 0.3 is 5.97 Å². The number of thioether (sulfide) groups is 1. The largest absolute Gasteiger partial charge is 0.376 e. The van der Waals surface area contributed by atoms with Crippen molar-refractivity contribution >= 4 is 44.4 Å². The van der Waals surface area contributed by atoms with Gasteiger partial charge in [0, 0.05) is 5.39 Å². The van der Waals surface area contributed by atoms with Gasteiger partial charge in [-0.15, -0.1) is 10.2 Å². The van der Waals surface area contributed by atoms with Crippen LogP contribution in [0.15, 0.2) is 46.3 Å². The maximum atomic E-state index is 11.4. The van der Waals surface area contributed by atoms with Crippen LogP contribution in [0.4, 0.5) is 0 Å². The molecule has 1 aliphatic carbocycles. The lowest BCUT2D eigenvalue weighted by molar-refractivity contribution is -0.656. The second kappa shape index (κ2) is 6.78. The highest BCUT2D eigenvalue weighted by atomic mass is 79.9. The van der Waals surface area contributed by atoms with Crippen LogP contribution in [0.1, 0.15) is 24.3 Å². The minimum Gasteiger partial charge on any atom is -0.281 e. The van der Waals surface area contributed by atoms with Crippen LogP contribution in [0.5, 0.6) is 0 Å². The molecule has 0 bridgehead atoms. The van der Waals surface area contributed by atoms with Gasteiger partial charge in [-0.1, -0.05) is 42.1 Å². The van der Waals surface area contributed by atoms with Gasteiger partial charge in [0.15, 0.2) is 5.16 Å². The molecule has 1 aliphatic rings. The number of hydrogen-bond donors (Lipinski definition) is 1. The van der Waals surface area contributed by atoms with Crippen LogP contribution in [0.2, 0.25) is 0 Å². The van der Waals surface area contributed by atoms with Crippen LogP contribution in [0.25, 0.3) is 16.5 Å². The fraction of sp³-hybridized carbons (Fsp3) is 0.235. The van der Waals surface area contributed by atoms with E-state index in [0.29, 0.717) is 15.8 Å². The van der Waals surface area contributed by atoms with E-state index in [1.165, 1.54) is 35.6 Å². The van der Waals surface area contributed by atoms with E-state index in [4.69, 9.17) is 0 Å². The quantitative estimate of drug-likeness (QED) is 0.507. The van der Waals surface area contributed by atoms with Gasteiger partial charge < -0.3 is 0 Å². The van der Waals surface area contributed by atoms with Gasteiger partial charge in [-0.25, -0.2) is 4.79 Å². The van der Waals surface area contributed by atoms with E-state index in [1.807, 2.05) is 10.6 Å². The second-order valence-corrected chi connectivity index (χ2v) is 7.54. The van der Waals surface area contributed by atoms with E-state index in [2.05, 4.69) is 67.2 Å². The van der Waals surface area contributed by atoms with Gasteiger partial charge in [0.25, 0.3) is 0 Å². The summed E-state index contributed by atoms with van der Waals surface area (Å²) in [4.78, 5) is 15.9. The maximum Gasteiger partial charge on any atom is 0.376 e. The topological polar surface area (TPSA) is 84.7 Å². The molecule has 128 valence electrons. The second-order valence-electron chi connectivity index (χ2n) is 5.89. The van der Waals surface area contributed by atoms with Crippen molar-refractivity contribution < 1.29 is 15.5 Å². The number of aromatic nitrogens is 3. The normalized spacial score (nSPS) is 14.0. The van der Waals surface area contributed by atoms with Crippen molar-refractivity contribution in [3.05, 3.63) is 46.7 Å². The summed E-state index contributed by atoms with van der Waals surface area (Å²) in [5, 5.41) is 11.3. The standard InChI is InChI=1S/C17H16BrN4O2S/c18-16-20-21-17(25-9-15(23)24-19)22(16)14-8-7-11(10-5-6-10)12-3-1-2-4-13(12)14/h1-4,7-8,10H,5-6,9H2,19H3/q+1. The molecule has 0 spiro atoms. The average Bonchev–Trinajstić information content (AvgIpc) is 3.42. The molecule has 25 heavy (non-hydrogen) atoms. The third-order valence-electron chi connectivity index (χ3n) is 4.27. The van der Waals surface area contributed by atoms with Gasteiger partial charge in [-0.3, -0.25) is 9.40 Å². The van der Waals surface area contributed by atoms with Crippen LogP contribution < -0.4 is 5.90 Å². The highest BCUT2D eigenvalue weighted by Gasteiger charge is 2.26. The van der Waals surface area contributed by atoms with Crippen LogP contribution in [0.3, 0.4) is 0 Å². The fourth-order valence-electron chi connectivity index (χ4n) is 2.97. The number of quaternary nitrogens is 1. The molecule has 0 saturated heterocycles. The van der Waals surface area contributed by atoms with Crippen LogP contribution in [-0.4, -0.2) is 26.5 Å². The van der Waals surface area contributed by atoms with Crippen molar-refractivity contribution in [1.29, 1.82) is 0 Å². The third kappa shape index (κ3) is 3.17. The number of benzene rings is 2. The summed E-state index contributed by atoms with van der Waals surface area (Å²) in [5.41, 5.74) is 2.39. The van der Waals surface area contributed by atoms with Crippen LogP contribution in [-0.2, 0) is 9.63 Å². The van der Waals surface area contributed by atoms with Gasteiger partial charge in [0.1, 0.15) is 5.75 Å². The van der Waals surface area contributed by atoms with Gasteiger partial charge in [0.05, 0.1) is 5.69 Å². The van der Waals surface area contributed by atoms with Crippen molar-refractivity contribution in [2.24, 2.45) is 0 Å². The molecule has 0 radical (unpaired) electrons. The molecule has 1 fully saturated rings. The van der Waals surface area contributed by atoms with E-state index in [1.54, 1.807) is 0 Å². The summed E-state index contributed by atoms with van der Waals surface area (Å²) >= 11 is 4.74. The molecule has 1 heterocycles. The van der Waals surface area contributed by atoms with Crippen LogP contribution >= 0.6 is 27.7 Å². The molecular weight excluding hydrogens is 404 g/mol. The summed E-state index contributed by atoms with van der Waals surface area (Å²) in [6, 6.07) is 12.7. The van der Waals surface area contributed by atoms with E-state index in [0.717, 1.165) is 11.1 Å². The molecule has 3 aromatic rings. The SMILES string of the molecule is [NH3+]OC(=O)CSc1nnc(Br)n1-c1ccc(C2CC2)c2ccccc12. The number of carbonyl (C=O) groups excluding carboxylic acids is 1. The van der Waals surface area contributed by atoms with E-state index in [-0.39, 0.29) is 5.75 Å². The molecule has 0 atom stereocenters. The average molecular weight is 420 g/mol. The molecular formula is C17H16BrN4O2S+. The highest BCUT2D eigenvalue weighted by molar-refractivity contribution is 9.10. The molecule has 0 amide bonds. The Morgan fingerprint density at radius 3 is 2.72 bits per heavy atom. The van der Waals surface area contributed by atoms with Crippen molar-refractivity contribution in [1.82, 2.24) is 14.8 Å². The zero-order valence-electron chi connectivity index (χ0n) is 13.3. The highest BCUT2D eigenvalue weighted by Crippen LogP contribution is 2.44. The predicted octanol–water partition coefficient (Wildman–Crippen LogP) is 2.85. The first-order valence-electron chi connectivity index (χ1n) is 7.89. The number of carbonyl (C=O) groups is 1. The van der Waals surface area contributed by atoms with E-state index < -0.39 is 5.97 Å². The molecule has 0 unspecified atom stereocenters. The Morgan fingerprint density at radius 1 is 1.24 bits per heavy atom. The summed E-state index contributed by atoms with van der Waals surface area (Å²) in [6.07, 6.45) is 2.52. The lowest BCUT2D eigenvalue weighted by atomic mass is 9.99. The summed E-state index contributed by atoms with van der Waals surface area (Å²) in [5.74, 6) is 3.55. The molecule has 8 heteroatoms. The van der Waals surface area contributed by atoms with E-state index >= 15 is 0 Å². The molecule has 3 N–H and O–H groups in total. The van der Waals surface area contributed by atoms with Crippen LogP contribution in [0, 0.1) is 0 Å². The minimum absolute atomic E-state index is 0.132. The monoisotopic (exact) mass is 419 g/mol. The van der Waals surface area contributed by atoms with Gasteiger partial charge in [-0.05, 0) is 51.7 Å². The number of halogens is 1. The Labute approximate surface area is 156 Å². The predicted molar refractivity (Wildman–Crippen MR) is 98.2 cm³/mol. The number of fused-ring (bicyclic) bond motifs is 1. The van der Waals surface area contributed by atoms with Gasteiger partial charge in [-0.2, -0.15) is 5.90 Å². The maximum absolute atomic E-state index is 11.4. The van der Waals surface area contributed by atoms with Gasteiger partial charge in [0.2, 0.25) is 4.73 Å². The zero-order valence-corrected chi connectivity index (χ0v) is 15.7. The Hall–Kier alpha value is -1.90. The number of rotatable bonds is 5. The minimum atomic E-state index is -0.399. The number of hydrogen-bond acceptors (Lipinski definition) is 5. The lowest BCUT2D eigenvalue weighted by Crippen LogP contribution is -2.51. The Balaban J connectivity index is 1.81. The van der Waals surface area contributed by atoms with E-state index in [9.17, 15) is 4.79 Å². The fourth-order valence-corrected chi connectivity index (χ4v) is 4.26. The van der Waals surface area contributed by atoms with Crippen molar-refractivity contribution in [2.45, 2.75) is 23.9 Å². The van der Waals surface area contributed by atoms with Crippen molar-refractivity contribution in [3.63, 3.8) is 0 Å². The smallest absolute Gasteiger partial charge is 0.281 e. The molecule has 2 aromatic carbocycles. The Morgan fingerprint density at radius 2 is 2.00 bits per heavy atom.